The number of nitrogens with zero attached hydrogens (tertiary/aromatic N) is 4. The van der Waals surface area contributed by atoms with E-state index >= 15 is 0 Å². The van der Waals surface area contributed by atoms with Crippen LogP contribution in [0.1, 0.15) is 0 Å². The molecule has 4 nitrogen and oxygen atoms in total. The number of hydrogen-bond acceptors (Lipinski definition) is 2. The molecule has 112 valence electrons. The highest BCUT2D eigenvalue weighted by molar-refractivity contribution is 4.97. The molecule has 6 aliphatic rings. The number of fused-ring (bicyclic) bond motifs is 6. The third-order valence-corrected chi connectivity index (χ3v) is 6.46. The van der Waals surface area contributed by atoms with Crippen LogP contribution in [0.25, 0.3) is 0 Å². The van der Waals surface area contributed by atoms with Crippen molar-refractivity contribution in [1.82, 2.24) is 9.80 Å². The van der Waals surface area contributed by atoms with Gasteiger partial charge in [-0.3, -0.25) is 9.80 Å². The van der Waals surface area contributed by atoms with Crippen LogP contribution in [0.15, 0.2) is 12.2 Å². The summed E-state index contributed by atoms with van der Waals surface area (Å²) in [5.74, 6) is 0. The molecule has 0 aromatic carbocycles. The molecule has 0 saturated carbocycles. The summed E-state index contributed by atoms with van der Waals surface area (Å²) in [5.41, 5.74) is 1.54. The molecule has 6 heterocycles. The predicted molar refractivity (Wildman–Crippen MR) is 81.5 cm³/mol. The van der Waals surface area contributed by atoms with E-state index < -0.39 is 0 Å². The largest absolute Gasteiger partial charge is 0.317 e. The maximum atomic E-state index is 4.50. The molecule has 0 amide bonds. The van der Waals surface area contributed by atoms with Gasteiger partial charge < -0.3 is 8.97 Å². The van der Waals surface area contributed by atoms with Gasteiger partial charge in [-0.25, -0.2) is 0 Å². The molecule has 0 atom stereocenters. The van der Waals surface area contributed by atoms with Crippen molar-refractivity contribution >= 4 is 0 Å². The fraction of sp³-hybridized carbons (Fsp3) is 0.875. The Balaban J connectivity index is 1.38. The molecule has 6 rings (SSSR count). The number of quaternary nitrogens is 2. The second-order valence-electron chi connectivity index (χ2n) is 7.77. The molecular weight excluding hydrogens is 248 g/mol. The van der Waals surface area contributed by atoms with Crippen molar-refractivity contribution in [3.05, 3.63) is 12.2 Å². The van der Waals surface area contributed by atoms with Crippen LogP contribution in [0.3, 0.4) is 0 Å². The summed E-state index contributed by atoms with van der Waals surface area (Å²) < 4.78 is 2.70. The summed E-state index contributed by atoms with van der Waals surface area (Å²) >= 11 is 0. The first kappa shape index (κ1) is 13.3. The fourth-order valence-corrected chi connectivity index (χ4v) is 4.94. The number of rotatable bonds is 4. The van der Waals surface area contributed by atoms with Crippen molar-refractivity contribution in [3.63, 3.8) is 0 Å². The third-order valence-electron chi connectivity index (χ3n) is 6.46. The highest BCUT2D eigenvalue weighted by Crippen LogP contribution is 2.25. The van der Waals surface area contributed by atoms with Gasteiger partial charge in [0.25, 0.3) is 0 Å². The van der Waals surface area contributed by atoms with Crippen LogP contribution in [0, 0.1) is 0 Å². The van der Waals surface area contributed by atoms with E-state index in [2.05, 4.69) is 16.4 Å². The Morgan fingerprint density at radius 3 is 1.25 bits per heavy atom. The smallest absolute Gasteiger partial charge is 0.106 e. The molecule has 0 aliphatic carbocycles. The maximum Gasteiger partial charge on any atom is 0.106 e. The Morgan fingerprint density at radius 1 is 0.650 bits per heavy atom. The highest BCUT2D eigenvalue weighted by Gasteiger charge is 2.42. The first-order valence-corrected chi connectivity index (χ1v) is 8.49. The molecule has 6 saturated heterocycles. The maximum absolute atomic E-state index is 4.50. The number of hydrogen-bond donors (Lipinski definition) is 0. The van der Waals surface area contributed by atoms with Crippen molar-refractivity contribution in [1.29, 1.82) is 0 Å². The molecular formula is C16H30N4+2. The molecule has 6 fully saturated rings. The minimum Gasteiger partial charge on any atom is -0.317 e. The SMILES string of the molecule is C=C(C[N+]12CCN(CC1)CC2)C[N+]12CCN(CC1)CC2. The highest BCUT2D eigenvalue weighted by atomic mass is 15.5. The fourth-order valence-electron chi connectivity index (χ4n) is 4.94. The van der Waals surface area contributed by atoms with Crippen molar-refractivity contribution in [2.24, 2.45) is 0 Å². The average Bonchev–Trinajstić information content (AvgIpc) is 2.49. The first-order valence-electron chi connectivity index (χ1n) is 8.49. The Bertz CT molecular complexity index is 326. The number of piperazine rings is 6. The van der Waals surface area contributed by atoms with Crippen molar-refractivity contribution in [3.8, 4) is 0 Å². The van der Waals surface area contributed by atoms with Gasteiger partial charge in [0.05, 0.1) is 39.3 Å². The van der Waals surface area contributed by atoms with Gasteiger partial charge in [0.2, 0.25) is 0 Å². The molecule has 0 aromatic heterocycles. The van der Waals surface area contributed by atoms with Gasteiger partial charge in [0.1, 0.15) is 13.1 Å². The predicted octanol–water partition coefficient (Wildman–Crippen LogP) is -0.165. The molecule has 0 unspecified atom stereocenters. The molecule has 20 heavy (non-hydrogen) atoms. The zero-order valence-electron chi connectivity index (χ0n) is 12.9. The lowest BCUT2D eigenvalue weighted by atomic mass is 10.1. The molecule has 0 N–H and O–H groups in total. The standard InChI is InChI=1S/C16H30N4/c1-16(14-19-8-2-17(3-9-19)4-10-19)15-20-11-5-18(6-12-20)7-13-20/h1-15H2/q+2. The summed E-state index contributed by atoms with van der Waals surface area (Å²) in [6, 6.07) is 0. The van der Waals surface area contributed by atoms with Gasteiger partial charge in [-0.1, -0.05) is 6.58 Å². The molecule has 4 heteroatoms. The van der Waals surface area contributed by atoms with Crippen LogP contribution in [-0.4, -0.2) is 110 Å². The lowest BCUT2D eigenvalue weighted by molar-refractivity contribution is -0.950. The summed E-state index contributed by atoms with van der Waals surface area (Å²) in [4.78, 5) is 5.27. The third kappa shape index (κ3) is 2.33. The van der Waals surface area contributed by atoms with E-state index in [0.717, 1.165) is 0 Å². The second kappa shape index (κ2) is 4.80. The van der Waals surface area contributed by atoms with Gasteiger partial charge >= 0.3 is 0 Å². The van der Waals surface area contributed by atoms with Crippen LogP contribution < -0.4 is 0 Å². The monoisotopic (exact) mass is 278 g/mol. The van der Waals surface area contributed by atoms with E-state index in [0.29, 0.717) is 0 Å². The molecule has 0 aromatic rings. The first-order chi connectivity index (χ1) is 9.67. The minimum atomic E-state index is 1.26. The summed E-state index contributed by atoms with van der Waals surface area (Å²) in [6.07, 6.45) is 0. The van der Waals surface area contributed by atoms with Crippen LogP contribution in [0.2, 0.25) is 0 Å². The van der Waals surface area contributed by atoms with Crippen LogP contribution in [0.5, 0.6) is 0 Å². The van der Waals surface area contributed by atoms with Crippen LogP contribution in [0.4, 0.5) is 0 Å². The van der Waals surface area contributed by atoms with Crippen LogP contribution >= 0.6 is 0 Å². The molecule has 0 spiro atoms. The van der Waals surface area contributed by atoms with Crippen LogP contribution in [-0.2, 0) is 0 Å². The zero-order valence-corrected chi connectivity index (χ0v) is 12.9. The summed E-state index contributed by atoms with van der Waals surface area (Å²) in [5, 5.41) is 0. The Morgan fingerprint density at radius 2 is 0.950 bits per heavy atom. The van der Waals surface area contributed by atoms with Crippen molar-refractivity contribution in [2.45, 2.75) is 0 Å². The lowest BCUT2D eigenvalue weighted by Crippen LogP contribution is -2.70. The van der Waals surface area contributed by atoms with E-state index in [1.54, 1.807) is 0 Å². The van der Waals surface area contributed by atoms with Crippen molar-refractivity contribution < 1.29 is 8.97 Å². The van der Waals surface area contributed by atoms with E-state index in [9.17, 15) is 0 Å². The van der Waals surface area contributed by atoms with E-state index in [1.807, 2.05) is 0 Å². The zero-order chi connectivity index (χ0) is 13.6. The Labute approximate surface area is 123 Å². The molecule has 6 aliphatic heterocycles. The second-order valence-corrected chi connectivity index (χ2v) is 7.77. The van der Waals surface area contributed by atoms with Gasteiger partial charge in [0, 0.05) is 44.8 Å². The van der Waals surface area contributed by atoms with E-state index in [-0.39, 0.29) is 0 Å². The summed E-state index contributed by atoms with van der Waals surface area (Å²) in [7, 11) is 0. The van der Waals surface area contributed by atoms with Gasteiger partial charge in [0.15, 0.2) is 0 Å². The van der Waals surface area contributed by atoms with Gasteiger partial charge in [-0.2, -0.15) is 0 Å². The molecule has 4 bridgehead atoms. The van der Waals surface area contributed by atoms with Crippen molar-refractivity contribution in [2.75, 3.05) is 91.6 Å². The van der Waals surface area contributed by atoms with E-state index in [1.165, 1.54) is 106 Å². The lowest BCUT2D eigenvalue weighted by Gasteiger charge is -2.53. The van der Waals surface area contributed by atoms with Gasteiger partial charge in [-0.15, -0.1) is 0 Å². The summed E-state index contributed by atoms with van der Waals surface area (Å²) in [6.45, 7) is 23.2. The quantitative estimate of drug-likeness (QED) is 0.521. The average molecular weight is 278 g/mol. The minimum absolute atomic E-state index is 1.26. The molecule has 0 radical (unpaired) electrons. The normalized spacial score (nSPS) is 46.6. The Kier molecular flexibility index (Phi) is 3.18. The van der Waals surface area contributed by atoms with E-state index in [4.69, 9.17) is 0 Å². The topological polar surface area (TPSA) is 6.48 Å². The van der Waals surface area contributed by atoms with Gasteiger partial charge in [-0.05, 0) is 0 Å². The Hall–Kier alpha value is -0.420.